The Balaban J connectivity index is 2.52. The Kier molecular flexibility index (Phi) is 3.57. The zero-order valence-electron chi connectivity index (χ0n) is 6.76. The van der Waals surface area contributed by atoms with Gasteiger partial charge in [-0.2, -0.15) is 0 Å². The molecule has 1 heterocycles. The van der Waals surface area contributed by atoms with Gasteiger partial charge >= 0.3 is 0 Å². The number of hydrogen-bond donors (Lipinski definition) is 0. The predicted molar refractivity (Wildman–Crippen MR) is 49.8 cm³/mol. The summed E-state index contributed by atoms with van der Waals surface area (Å²) in [6, 6.07) is 4.27. The molecule has 0 unspecified atom stereocenters. The van der Waals surface area contributed by atoms with Crippen molar-refractivity contribution in [3.05, 3.63) is 30.1 Å². The summed E-state index contributed by atoms with van der Waals surface area (Å²) in [6.45, 7) is 3.21. The van der Waals surface area contributed by atoms with Crippen LogP contribution in [0.3, 0.4) is 0 Å². The Hall–Kier alpha value is -0.370. The van der Waals surface area contributed by atoms with Gasteiger partial charge in [-0.05, 0) is 12.5 Å². The van der Waals surface area contributed by atoms with Crippen LogP contribution in [0.5, 0.6) is 0 Å². The Bertz CT molecular complexity index is 205. The number of aromatic nitrogens is 1. The fraction of sp³-hybridized carbons (Fsp3) is 0.444. The van der Waals surface area contributed by atoms with Crippen molar-refractivity contribution in [1.82, 2.24) is 0 Å². The summed E-state index contributed by atoms with van der Waals surface area (Å²) in [5.74, 6) is 0. The Labute approximate surface area is 76.2 Å². The van der Waals surface area contributed by atoms with E-state index in [2.05, 4.69) is 51.9 Å². The van der Waals surface area contributed by atoms with E-state index in [1.54, 1.807) is 0 Å². The first-order valence-electron chi connectivity index (χ1n) is 3.84. The fourth-order valence-electron chi connectivity index (χ4n) is 0.923. The molecule has 0 spiro atoms. The van der Waals surface area contributed by atoms with Crippen molar-refractivity contribution >= 4 is 15.9 Å². The fourth-order valence-corrected chi connectivity index (χ4v) is 1.17. The highest BCUT2D eigenvalue weighted by Crippen LogP contribution is 1.91. The van der Waals surface area contributed by atoms with Crippen LogP contribution in [0.1, 0.15) is 12.0 Å². The lowest BCUT2D eigenvalue weighted by molar-refractivity contribution is -0.696. The zero-order valence-corrected chi connectivity index (χ0v) is 8.34. The topological polar surface area (TPSA) is 3.88 Å². The van der Waals surface area contributed by atoms with Gasteiger partial charge in [-0.3, -0.25) is 0 Å². The Morgan fingerprint density at radius 1 is 1.36 bits per heavy atom. The van der Waals surface area contributed by atoms with Crippen molar-refractivity contribution in [3.63, 3.8) is 0 Å². The molecule has 1 aromatic rings. The monoisotopic (exact) mass is 214 g/mol. The number of hydrogen-bond acceptors (Lipinski definition) is 0. The third-order valence-electron chi connectivity index (χ3n) is 1.61. The van der Waals surface area contributed by atoms with Gasteiger partial charge in [-0.1, -0.05) is 15.9 Å². The number of halogens is 1. The van der Waals surface area contributed by atoms with Gasteiger partial charge in [0.05, 0.1) is 0 Å². The molecule has 0 saturated heterocycles. The van der Waals surface area contributed by atoms with E-state index in [9.17, 15) is 0 Å². The molecule has 0 fully saturated rings. The normalized spacial score (nSPS) is 10.0. The van der Waals surface area contributed by atoms with Crippen LogP contribution in [0.15, 0.2) is 24.5 Å². The summed E-state index contributed by atoms with van der Waals surface area (Å²) in [7, 11) is 0. The zero-order chi connectivity index (χ0) is 8.10. The van der Waals surface area contributed by atoms with Gasteiger partial charge in [0, 0.05) is 23.9 Å². The molecule has 0 amide bonds. The first-order chi connectivity index (χ1) is 5.33. The standard InChI is InChI=1S/C9H13BrN/c1-9-3-7-11(8-4-9)6-2-5-10/h3-4,7-8H,2,5-6H2,1H3/q+1. The Morgan fingerprint density at radius 2 is 2.00 bits per heavy atom. The summed E-state index contributed by atoms with van der Waals surface area (Å²) in [5, 5.41) is 1.08. The predicted octanol–water partition coefficient (Wildman–Crippen LogP) is 2.07. The van der Waals surface area contributed by atoms with Crippen molar-refractivity contribution < 1.29 is 4.57 Å². The molecule has 11 heavy (non-hydrogen) atoms. The molecule has 0 radical (unpaired) electrons. The lowest BCUT2D eigenvalue weighted by atomic mass is 10.3. The van der Waals surface area contributed by atoms with Gasteiger partial charge in [0.1, 0.15) is 6.54 Å². The summed E-state index contributed by atoms with van der Waals surface area (Å²) >= 11 is 3.41. The molecule has 60 valence electrons. The highest BCUT2D eigenvalue weighted by Gasteiger charge is 1.96. The van der Waals surface area contributed by atoms with Crippen molar-refractivity contribution in [1.29, 1.82) is 0 Å². The van der Waals surface area contributed by atoms with Gasteiger partial charge in [-0.25, -0.2) is 4.57 Å². The van der Waals surface area contributed by atoms with Crippen LogP contribution in [0.4, 0.5) is 0 Å². The second-order valence-corrected chi connectivity index (χ2v) is 3.45. The van der Waals surface area contributed by atoms with E-state index >= 15 is 0 Å². The van der Waals surface area contributed by atoms with Crippen molar-refractivity contribution in [2.24, 2.45) is 0 Å². The van der Waals surface area contributed by atoms with Gasteiger partial charge in [-0.15, -0.1) is 0 Å². The van der Waals surface area contributed by atoms with Gasteiger partial charge in [0.25, 0.3) is 0 Å². The maximum atomic E-state index is 3.41. The van der Waals surface area contributed by atoms with E-state index in [1.807, 2.05) is 0 Å². The second-order valence-electron chi connectivity index (χ2n) is 2.66. The van der Waals surface area contributed by atoms with Crippen LogP contribution >= 0.6 is 15.9 Å². The largest absolute Gasteiger partial charge is 0.205 e. The maximum absolute atomic E-state index is 3.41. The van der Waals surface area contributed by atoms with Crippen LogP contribution in [-0.2, 0) is 6.54 Å². The molecular formula is C9H13BrN+. The smallest absolute Gasteiger partial charge is 0.169 e. The van der Waals surface area contributed by atoms with Crippen molar-refractivity contribution in [2.75, 3.05) is 5.33 Å². The second kappa shape index (κ2) is 4.50. The van der Waals surface area contributed by atoms with E-state index < -0.39 is 0 Å². The number of alkyl halides is 1. The van der Waals surface area contributed by atoms with Gasteiger partial charge < -0.3 is 0 Å². The van der Waals surface area contributed by atoms with E-state index in [0.717, 1.165) is 11.9 Å². The Morgan fingerprint density at radius 3 is 2.55 bits per heavy atom. The number of nitrogens with zero attached hydrogens (tertiary/aromatic N) is 1. The van der Waals surface area contributed by atoms with Crippen LogP contribution in [0.25, 0.3) is 0 Å². The number of aryl methyl sites for hydroxylation is 2. The highest BCUT2D eigenvalue weighted by molar-refractivity contribution is 9.09. The van der Waals surface area contributed by atoms with Crippen LogP contribution in [-0.4, -0.2) is 5.33 Å². The first kappa shape index (κ1) is 8.72. The average Bonchev–Trinajstić information content (AvgIpc) is 2.04. The summed E-state index contributed by atoms with van der Waals surface area (Å²) in [5.41, 5.74) is 1.32. The molecule has 1 rings (SSSR count). The van der Waals surface area contributed by atoms with E-state index in [0.29, 0.717) is 0 Å². The third kappa shape index (κ3) is 3.02. The van der Waals surface area contributed by atoms with Crippen LogP contribution in [0.2, 0.25) is 0 Å². The SMILES string of the molecule is Cc1cc[n+](CCCBr)cc1. The van der Waals surface area contributed by atoms with E-state index in [1.165, 1.54) is 12.0 Å². The van der Waals surface area contributed by atoms with E-state index in [-0.39, 0.29) is 0 Å². The van der Waals surface area contributed by atoms with Crippen molar-refractivity contribution in [2.45, 2.75) is 19.9 Å². The molecule has 2 heteroatoms. The minimum absolute atomic E-state index is 1.08. The minimum Gasteiger partial charge on any atom is -0.205 e. The molecule has 0 aliphatic heterocycles. The summed E-state index contributed by atoms with van der Waals surface area (Å²) in [4.78, 5) is 0. The molecule has 0 bridgehead atoms. The number of pyridine rings is 1. The molecule has 0 atom stereocenters. The highest BCUT2D eigenvalue weighted by atomic mass is 79.9. The lowest BCUT2D eigenvalue weighted by Crippen LogP contribution is -2.32. The minimum atomic E-state index is 1.08. The number of rotatable bonds is 3. The van der Waals surface area contributed by atoms with Crippen molar-refractivity contribution in [3.8, 4) is 0 Å². The van der Waals surface area contributed by atoms with Gasteiger partial charge in [0.15, 0.2) is 12.4 Å². The maximum Gasteiger partial charge on any atom is 0.169 e. The molecule has 1 aromatic heterocycles. The molecule has 0 N–H and O–H groups in total. The summed E-state index contributed by atoms with van der Waals surface area (Å²) in [6.07, 6.45) is 5.43. The van der Waals surface area contributed by atoms with Crippen LogP contribution < -0.4 is 4.57 Å². The molecular weight excluding hydrogens is 202 g/mol. The van der Waals surface area contributed by atoms with Crippen LogP contribution in [0, 0.1) is 6.92 Å². The lowest BCUT2D eigenvalue weighted by Gasteiger charge is -1.93. The average molecular weight is 215 g/mol. The molecule has 0 saturated carbocycles. The quantitative estimate of drug-likeness (QED) is 0.536. The van der Waals surface area contributed by atoms with Gasteiger partial charge in [0.2, 0.25) is 0 Å². The molecule has 0 aliphatic carbocycles. The first-order valence-corrected chi connectivity index (χ1v) is 4.97. The third-order valence-corrected chi connectivity index (χ3v) is 2.17. The molecule has 1 nitrogen and oxygen atoms in total. The summed E-state index contributed by atoms with van der Waals surface area (Å²) < 4.78 is 2.20. The molecule has 0 aliphatic rings. The molecule has 0 aromatic carbocycles. The van der Waals surface area contributed by atoms with E-state index in [4.69, 9.17) is 0 Å².